The number of para-hydroxylation sites is 1. The largest absolute Gasteiger partial charge is 0.361 e. The van der Waals surface area contributed by atoms with E-state index in [4.69, 9.17) is 11.6 Å². The van der Waals surface area contributed by atoms with Gasteiger partial charge >= 0.3 is 0 Å². The van der Waals surface area contributed by atoms with E-state index in [-0.39, 0.29) is 11.8 Å². The summed E-state index contributed by atoms with van der Waals surface area (Å²) in [5.41, 5.74) is 2.01. The molecule has 3 aromatic rings. The number of carbonyl (C=O) groups excluding carboxylic acids is 2. The van der Waals surface area contributed by atoms with Crippen molar-refractivity contribution >= 4 is 45.7 Å². The number of H-pyrrole nitrogens is 1. The fourth-order valence-electron chi connectivity index (χ4n) is 2.98. The number of halogens is 1. The van der Waals surface area contributed by atoms with Crippen LogP contribution >= 0.6 is 22.9 Å². The first-order chi connectivity index (χ1) is 12.4. The summed E-state index contributed by atoms with van der Waals surface area (Å²) in [6, 6.07) is 11.0. The number of hydrogen-bond acceptors (Lipinski definition) is 3. The Labute approximate surface area is 161 Å². The lowest BCUT2D eigenvalue weighted by atomic mass is 10.0. The van der Waals surface area contributed by atoms with Gasteiger partial charge in [0.1, 0.15) is 6.04 Å². The number of nitrogens with one attached hydrogen (secondary N) is 2. The highest BCUT2D eigenvalue weighted by Crippen LogP contribution is 2.23. The van der Waals surface area contributed by atoms with Gasteiger partial charge in [-0.2, -0.15) is 0 Å². The third kappa shape index (κ3) is 4.26. The Morgan fingerprint density at radius 1 is 1.27 bits per heavy atom. The molecule has 0 radical (unpaired) electrons. The second-order valence-electron chi connectivity index (χ2n) is 6.22. The SMILES string of the molecule is CC(=O)NC(Cc1c[nH]c2ccccc12)C(=O)N(C)Cc1ccc(Cl)s1. The van der Waals surface area contributed by atoms with E-state index in [0.29, 0.717) is 17.3 Å². The molecule has 2 aromatic heterocycles. The average molecular weight is 390 g/mol. The number of nitrogens with zero attached hydrogens (tertiary/aromatic N) is 1. The minimum atomic E-state index is -0.618. The van der Waals surface area contributed by atoms with Gasteiger partial charge in [0.2, 0.25) is 11.8 Å². The van der Waals surface area contributed by atoms with Crippen molar-refractivity contribution in [2.75, 3.05) is 7.05 Å². The number of amides is 2. The number of carbonyl (C=O) groups is 2. The molecule has 0 fully saturated rings. The molecular weight excluding hydrogens is 370 g/mol. The van der Waals surface area contributed by atoms with Crippen molar-refractivity contribution in [2.24, 2.45) is 0 Å². The molecule has 2 heterocycles. The Morgan fingerprint density at radius 3 is 2.73 bits per heavy atom. The maximum absolute atomic E-state index is 12.9. The monoisotopic (exact) mass is 389 g/mol. The van der Waals surface area contributed by atoms with Crippen molar-refractivity contribution in [1.29, 1.82) is 0 Å². The lowest BCUT2D eigenvalue weighted by molar-refractivity contribution is -0.135. The number of rotatable bonds is 6. The number of aromatic amines is 1. The third-order valence-electron chi connectivity index (χ3n) is 4.17. The Balaban J connectivity index is 1.78. The summed E-state index contributed by atoms with van der Waals surface area (Å²) in [5.74, 6) is -0.356. The predicted octanol–water partition coefficient (Wildman–Crippen LogP) is 3.59. The summed E-state index contributed by atoms with van der Waals surface area (Å²) in [6.07, 6.45) is 2.32. The fourth-order valence-corrected chi connectivity index (χ4v) is 4.12. The zero-order valence-electron chi connectivity index (χ0n) is 14.6. The fraction of sp³-hybridized carbons (Fsp3) is 0.263. The van der Waals surface area contributed by atoms with Gasteiger partial charge in [0.25, 0.3) is 0 Å². The molecule has 0 aliphatic rings. The molecule has 2 amide bonds. The Kier molecular flexibility index (Phi) is 5.64. The zero-order valence-corrected chi connectivity index (χ0v) is 16.2. The molecular formula is C19H20ClN3O2S. The molecule has 0 spiro atoms. The van der Waals surface area contributed by atoms with Crippen LogP contribution in [-0.4, -0.2) is 34.8 Å². The zero-order chi connectivity index (χ0) is 18.7. The molecule has 136 valence electrons. The third-order valence-corrected chi connectivity index (χ3v) is 5.39. The van der Waals surface area contributed by atoms with E-state index in [1.165, 1.54) is 18.3 Å². The molecule has 26 heavy (non-hydrogen) atoms. The average Bonchev–Trinajstić information content (AvgIpc) is 3.19. The van der Waals surface area contributed by atoms with Crippen molar-refractivity contribution in [3.63, 3.8) is 0 Å². The summed E-state index contributed by atoms with van der Waals surface area (Å²) in [6.45, 7) is 1.88. The number of benzene rings is 1. The van der Waals surface area contributed by atoms with Crippen LogP contribution in [0.5, 0.6) is 0 Å². The minimum Gasteiger partial charge on any atom is -0.361 e. The molecule has 1 atom stereocenters. The Morgan fingerprint density at radius 2 is 2.04 bits per heavy atom. The summed E-state index contributed by atoms with van der Waals surface area (Å²) in [4.78, 5) is 30.4. The van der Waals surface area contributed by atoms with Crippen LogP contribution in [0.2, 0.25) is 4.34 Å². The van der Waals surface area contributed by atoms with E-state index in [9.17, 15) is 9.59 Å². The van der Waals surface area contributed by atoms with Crippen LogP contribution in [0, 0.1) is 0 Å². The number of aromatic nitrogens is 1. The van der Waals surface area contributed by atoms with Crippen molar-refractivity contribution in [3.05, 3.63) is 57.4 Å². The first-order valence-corrected chi connectivity index (χ1v) is 9.45. The summed E-state index contributed by atoms with van der Waals surface area (Å²) < 4.78 is 0.693. The van der Waals surface area contributed by atoms with Gasteiger partial charge in [-0.15, -0.1) is 11.3 Å². The normalized spacial score (nSPS) is 12.1. The van der Waals surface area contributed by atoms with Crippen LogP contribution in [-0.2, 0) is 22.6 Å². The number of thiophene rings is 1. The summed E-state index contributed by atoms with van der Waals surface area (Å²) in [5, 5.41) is 3.85. The van der Waals surface area contributed by atoms with E-state index >= 15 is 0 Å². The second kappa shape index (κ2) is 7.93. The second-order valence-corrected chi connectivity index (χ2v) is 8.02. The topological polar surface area (TPSA) is 65.2 Å². The molecule has 3 rings (SSSR count). The Hall–Kier alpha value is -2.31. The van der Waals surface area contributed by atoms with Crippen molar-refractivity contribution in [3.8, 4) is 0 Å². The molecule has 0 bridgehead atoms. The van der Waals surface area contributed by atoms with Crippen LogP contribution in [0.15, 0.2) is 42.6 Å². The van der Waals surface area contributed by atoms with E-state index in [2.05, 4.69) is 10.3 Å². The quantitative estimate of drug-likeness (QED) is 0.676. The van der Waals surface area contributed by atoms with Crippen molar-refractivity contribution in [1.82, 2.24) is 15.2 Å². The van der Waals surface area contributed by atoms with Gasteiger partial charge in [0, 0.05) is 42.4 Å². The molecule has 1 unspecified atom stereocenters. The summed E-state index contributed by atoms with van der Waals surface area (Å²) >= 11 is 7.41. The molecule has 0 saturated heterocycles. The molecule has 0 aliphatic carbocycles. The lowest BCUT2D eigenvalue weighted by Gasteiger charge is -2.24. The van der Waals surface area contributed by atoms with Gasteiger partial charge in [-0.25, -0.2) is 0 Å². The van der Waals surface area contributed by atoms with Crippen LogP contribution < -0.4 is 5.32 Å². The van der Waals surface area contributed by atoms with Gasteiger partial charge in [-0.1, -0.05) is 29.8 Å². The maximum Gasteiger partial charge on any atom is 0.245 e. The molecule has 2 N–H and O–H groups in total. The molecule has 1 aromatic carbocycles. The van der Waals surface area contributed by atoms with Crippen LogP contribution in [0.4, 0.5) is 0 Å². The predicted molar refractivity (Wildman–Crippen MR) is 105 cm³/mol. The summed E-state index contributed by atoms with van der Waals surface area (Å²) in [7, 11) is 1.74. The van der Waals surface area contributed by atoms with Gasteiger partial charge < -0.3 is 15.2 Å². The van der Waals surface area contributed by atoms with E-state index in [0.717, 1.165) is 21.3 Å². The van der Waals surface area contributed by atoms with E-state index in [1.54, 1.807) is 11.9 Å². The maximum atomic E-state index is 12.9. The van der Waals surface area contributed by atoms with E-state index in [1.807, 2.05) is 42.6 Å². The Bertz CT molecular complexity index is 934. The highest BCUT2D eigenvalue weighted by atomic mass is 35.5. The first kappa shape index (κ1) is 18.5. The van der Waals surface area contributed by atoms with Gasteiger partial charge in [-0.05, 0) is 23.8 Å². The van der Waals surface area contributed by atoms with Gasteiger partial charge in [0.15, 0.2) is 0 Å². The highest BCUT2D eigenvalue weighted by molar-refractivity contribution is 7.16. The molecule has 7 heteroatoms. The highest BCUT2D eigenvalue weighted by Gasteiger charge is 2.24. The number of fused-ring (bicyclic) bond motifs is 1. The van der Waals surface area contributed by atoms with Gasteiger partial charge in [0.05, 0.1) is 10.9 Å². The van der Waals surface area contributed by atoms with Crippen molar-refractivity contribution < 1.29 is 9.59 Å². The van der Waals surface area contributed by atoms with Crippen LogP contribution in [0.1, 0.15) is 17.4 Å². The van der Waals surface area contributed by atoms with Crippen molar-refractivity contribution in [2.45, 2.75) is 25.9 Å². The van der Waals surface area contributed by atoms with E-state index < -0.39 is 6.04 Å². The molecule has 0 aliphatic heterocycles. The molecule has 0 saturated carbocycles. The first-order valence-electron chi connectivity index (χ1n) is 8.25. The minimum absolute atomic E-state index is 0.130. The van der Waals surface area contributed by atoms with Crippen LogP contribution in [0.25, 0.3) is 10.9 Å². The van der Waals surface area contributed by atoms with Gasteiger partial charge in [-0.3, -0.25) is 9.59 Å². The van der Waals surface area contributed by atoms with Crippen LogP contribution in [0.3, 0.4) is 0 Å². The lowest BCUT2D eigenvalue weighted by Crippen LogP contribution is -2.47. The molecule has 5 nitrogen and oxygen atoms in total. The standard InChI is InChI=1S/C19H20ClN3O2S/c1-12(24)22-17(9-13-10-21-16-6-4-3-5-15(13)16)19(25)23(2)11-14-7-8-18(20)26-14/h3-8,10,17,21H,9,11H2,1-2H3,(H,22,24). The number of likely N-dealkylation sites (N-methyl/N-ethyl adjacent to an activating group) is 1. The number of hydrogen-bond donors (Lipinski definition) is 2. The smallest absolute Gasteiger partial charge is 0.245 e.